The minimum absolute atomic E-state index is 0.0720. The highest BCUT2D eigenvalue weighted by molar-refractivity contribution is 7.87. The molecular formula is C18H20O5S. The summed E-state index contributed by atoms with van der Waals surface area (Å²) < 4.78 is 29.6. The van der Waals surface area contributed by atoms with Crippen LogP contribution in [0.15, 0.2) is 53.4 Å². The Morgan fingerprint density at radius 3 is 2.00 bits per heavy atom. The van der Waals surface area contributed by atoms with E-state index in [9.17, 15) is 18.3 Å². The summed E-state index contributed by atoms with van der Waals surface area (Å²) in [6, 6.07) is 12.5. The highest BCUT2D eigenvalue weighted by atomic mass is 32.2. The standard InChI is InChI=1S/C18H20O5S/c1-12(2)17(18(19)20)14-6-8-15(9-7-14)23-24(21,22)16-10-4-13(3)5-11-16/h4-12,17H,1-3H3,(H,19,20). The van der Waals surface area contributed by atoms with Gasteiger partial charge in [-0.15, -0.1) is 0 Å². The normalized spacial score (nSPS) is 12.8. The molecule has 0 fully saturated rings. The molecule has 0 aliphatic rings. The van der Waals surface area contributed by atoms with E-state index in [-0.39, 0.29) is 16.6 Å². The molecule has 6 heteroatoms. The van der Waals surface area contributed by atoms with Gasteiger partial charge in [-0.1, -0.05) is 43.7 Å². The van der Waals surface area contributed by atoms with Crippen molar-refractivity contribution in [2.45, 2.75) is 31.6 Å². The van der Waals surface area contributed by atoms with Crippen LogP contribution in [-0.4, -0.2) is 19.5 Å². The van der Waals surface area contributed by atoms with Gasteiger partial charge in [-0.25, -0.2) is 0 Å². The molecule has 0 amide bonds. The minimum Gasteiger partial charge on any atom is -0.481 e. The molecule has 1 unspecified atom stereocenters. The highest BCUT2D eigenvalue weighted by Crippen LogP contribution is 2.27. The number of benzene rings is 2. The van der Waals surface area contributed by atoms with Crippen molar-refractivity contribution in [1.82, 2.24) is 0 Å². The molecule has 5 nitrogen and oxygen atoms in total. The topological polar surface area (TPSA) is 80.7 Å². The van der Waals surface area contributed by atoms with Crippen molar-refractivity contribution in [2.24, 2.45) is 5.92 Å². The van der Waals surface area contributed by atoms with Crippen molar-refractivity contribution in [3.8, 4) is 5.75 Å². The van der Waals surface area contributed by atoms with Crippen molar-refractivity contribution in [1.29, 1.82) is 0 Å². The largest absolute Gasteiger partial charge is 0.481 e. The SMILES string of the molecule is Cc1ccc(S(=O)(=O)Oc2ccc(C(C(=O)O)C(C)C)cc2)cc1. The van der Waals surface area contributed by atoms with Crippen LogP contribution in [0.2, 0.25) is 0 Å². The first-order valence-corrected chi connectivity index (χ1v) is 8.95. The summed E-state index contributed by atoms with van der Waals surface area (Å²) in [7, 11) is -3.91. The summed E-state index contributed by atoms with van der Waals surface area (Å²) in [5, 5.41) is 9.30. The molecule has 0 heterocycles. The molecular weight excluding hydrogens is 328 g/mol. The number of hydrogen-bond donors (Lipinski definition) is 1. The zero-order valence-corrected chi connectivity index (χ0v) is 14.6. The van der Waals surface area contributed by atoms with Gasteiger partial charge in [0.15, 0.2) is 0 Å². The Labute approximate surface area is 142 Å². The zero-order valence-electron chi connectivity index (χ0n) is 13.8. The predicted octanol–water partition coefficient (Wildman–Crippen LogP) is 3.59. The van der Waals surface area contributed by atoms with E-state index in [1.807, 2.05) is 20.8 Å². The lowest BCUT2D eigenvalue weighted by Crippen LogP contribution is -2.17. The Morgan fingerprint density at radius 1 is 1.00 bits per heavy atom. The molecule has 24 heavy (non-hydrogen) atoms. The number of aliphatic carboxylic acids is 1. The van der Waals surface area contributed by atoms with Crippen LogP contribution in [0.3, 0.4) is 0 Å². The van der Waals surface area contributed by atoms with Crippen LogP contribution in [-0.2, 0) is 14.9 Å². The number of hydrogen-bond acceptors (Lipinski definition) is 4. The first-order valence-electron chi connectivity index (χ1n) is 7.54. The quantitative estimate of drug-likeness (QED) is 0.807. The van der Waals surface area contributed by atoms with Gasteiger partial charge in [0, 0.05) is 0 Å². The van der Waals surface area contributed by atoms with Gasteiger partial charge in [-0.05, 0) is 42.7 Å². The van der Waals surface area contributed by atoms with E-state index in [1.165, 1.54) is 24.3 Å². The van der Waals surface area contributed by atoms with Crippen LogP contribution in [0.1, 0.15) is 30.9 Å². The monoisotopic (exact) mass is 348 g/mol. The van der Waals surface area contributed by atoms with E-state index in [0.717, 1.165) is 5.56 Å². The lowest BCUT2D eigenvalue weighted by Gasteiger charge is -2.17. The maximum atomic E-state index is 12.2. The van der Waals surface area contributed by atoms with Crippen molar-refractivity contribution in [2.75, 3.05) is 0 Å². The fraction of sp³-hybridized carbons (Fsp3) is 0.278. The maximum Gasteiger partial charge on any atom is 0.339 e. The molecule has 2 aromatic carbocycles. The van der Waals surface area contributed by atoms with Crippen LogP contribution >= 0.6 is 0 Å². The smallest absolute Gasteiger partial charge is 0.339 e. The Kier molecular flexibility index (Phi) is 5.29. The molecule has 1 atom stereocenters. The molecule has 128 valence electrons. The molecule has 0 saturated heterocycles. The summed E-state index contributed by atoms with van der Waals surface area (Å²) in [6.45, 7) is 5.51. The third kappa shape index (κ3) is 4.14. The summed E-state index contributed by atoms with van der Waals surface area (Å²) in [5.41, 5.74) is 1.56. The fourth-order valence-corrected chi connectivity index (χ4v) is 3.35. The molecule has 0 spiro atoms. The van der Waals surface area contributed by atoms with Crippen LogP contribution in [0, 0.1) is 12.8 Å². The van der Waals surface area contributed by atoms with Crippen LogP contribution in [0.4, 0.5) is 0 Å². The molecule has 1 N–H and O–H groups in total. The Balaban J connectivity index is 2.22. The average molecular weight is 348 g/mol. The minimum atomic E-state index is -3.91. The average Bonchev–Trinajstić information content (AvgIpc) is 2.48. The molecule has 0 bridgehead atoms. The molecule has 0 aromatic heterocycles. The lowest BCUT2D eigenvalue weighted by molar-refractivity contribution is -0.139. The van der Waals surface area contributed by atoms with Crippen molar-refractivity contribution in [3.63, 3.8) is 0 Å². The third-order valence-corrected chi connectivity index (χ3v) is 4.95. The van der Waals surface area contributed by atoms with Crippen LogP contribution in [0.5, 0.6) is 5.75 Å². The number of carboxylic acid groups (broad SMARTS) is 1. The van der Waals surface area contributed by atoms with E-state index < -0.39 is 22.0 Å². The van der Waals surface area contributed by atoms with Gasteiger partial charge in [0.1, 0.15) is 10.6 Å². The Hall–Kier alpha value is -2.34. The summed E-state index contributed by atoms with van der Waals surface area (Å²) in [5.74, 6) is -1.49. The second-order valence-corrected chi connectivity index (χ2v) is 7.53. The number of aryl methyl sites for hydroxylation is 1. The maximum absolute atomic E-state index is 12.2. The van der Waals surface area contributed by atoms with E-state index >= 15 is 0 Å². The first kappa shape index (κ1) is 18.0. The van der Waals surface area contributed by atoms with E-state index in [0.29, 0.717) is 5.56 Å². The van der Waals surface area contributed by atoms with Gasteiger partial charge in [-0.3, -0.25) is 4.79 Å². The van der Waals surface area contributed by atoms with Crippen molar-refractivity contribution < 1.29 is 22.5 Å². The first-order chi connectivity index (χ1) is 11.2. The Morgan fingerprint density at radius 2 is 1.54 bits per heavy atom. The molecule has 0 radical (unpaired) electrons. The fourth-order valence-electron chi connectivity index (χ4n) is 2.42. The number of carboxylic acids is 1. The van der Waals surface area contributed by atoms with E-state index in [1.54, 1.807) is 24.3 Å². The van der Waals surface area contributed by atoms with Gasteiger partial charge in [-0.2, -0.15) is 8.42 Å². The second-order valence-electron chi connectivity index (χ2n) is 5.98. The number of rotatable bonds is 6. The van der Waals surface area contributed by atoms with E-state index in [4.69, 9.17) is 4.18 Å². The lowest BCUT2D eigenvalue weighted by atomic mass is 9.89. The van der Waals surface area contributed by atoms with Crippen LogP contribution < -0.4 is 4.18 Å². The molecule has 0 saturated carbocycles. The van der Waals surface area contributed by atoms with Gasteiger partial charge < -0.3 is 9.29 Å². The van der Waals surface area contributed by atoms with Gasteiger partial charge in [0.2, 0.25) is 0 Å². The summed E-state index contributed by atoms with van der Waals surface area (Å²) >= 11 is 0. The van der Waals surface area contributed by atoms with Crippen molar-refractivity contribution >= 4 is 16.1 Å². The summed E-state index contributed by atoms with van der Waals surface area (Å²) in [6.07, 6.45) is 0. The predicted molar refractivity (Wildman–Crippen MR) is 90.6 cm³/mol. The molecule has 2 rings (SSSR count). The molecule has 0 aliphatic carbocycles. The van der Waals surface area contributed by atoms with Crippen LogP contribution in [0.25, 0.3) is 0 Å². The molecule has 0 aliphatic heterocycles. The highest BCUT2D eigenvalue weighted by Gasteiger charge is 2.24. The summed E-state index contributed by atoms with van der Waals surface area (Å²) in [4.78, 5) is 11.4. The second kappa shape index (κ2) is 7.05. The third-order valence-electron chi connectivity index (χ3n) is 3.69. The van der Waals surface area contributed by atoms with Crippen molar-refractivity contribution in [3.05, 3.63) is 59.7 Å². The van der Waals surface area contributed by atoms with Gasteiger partial charge in [0.05, 0.1) is 5.92 Å². The number of carbonyl (C=O) groups is 1. The van der Waals surface area contributed by atoms with Gasteiger partial charge in [0.25, 0.3) is 0 Å². The van der Waals surface area contributed by atoms with E-state index in [2.05, 4.69) is 0 Å². The Bertz CT molecular complexity index is 805. The molecule has 2 aromatic rings. The van der Waals surface area contributed by atoms with Gasteiger partial charge >= 0.3 is 16.1 Å². The zero-order chi connectivity index (χ0) is 17.9.